The SMILES string of the molecule is O=C(O)c1cc(S(=O)(=O)NC2CCN3CCCCC23)c[nH]1. The molecule has 21 heavy (non-hydrogen) atoms. The van der Waals surface area contributed by atoms with Crippen molar-refractivity contribution in [3.8, 4) is 0 Å². The first-order valence-corrected chi connectivity index (χ1v) is 8.64. The lowest BCUT2D eigenvalue weighted by molar-refractivity contribution is 0.0691. The van der Waals surface area contributed by atoms with E-state index in [4.69, 9.17) is 5.11 Å². The first-order valence-electron chi connectivity index (χ1n) is 7.15. The zero-order valence-electron chi connectivity index (χ0n) is 11.6. The second-order valence-electron chi connectivity index (χ2n) is 5.67. The van der Waals surface area contributed by atoms with Crippen molar-refractivity contribution in [1.82, 2.24) is 14.6 Å². The Labute approximate surface area is 123 Å². The van der Waals surface area contributed by atoms with Gasteiger partial charge >= 0.3 is 5.97 Å². The average Bonchev–Trinajstić information content (AvgIpc) is 3.06. The summed E-state index contributed by atoms with van der Waals surface area (Å²) in [7, 11) is -3.68. The third kappa shape index (κ3) is 2.83. The Balaban J connectivity index is 1.75. The number of aromatic carboxylic acids is 1. The van der Waals surface area contributed by atoms with Crippen molar-refractivity contribution in [3.05, 3.63) is 18.0 Å². The van der Waals surface area contributed by atoms with Gasteiger partial charge in [-0.15, -0.1) is 0 Å². The highest BCUT2D eigenvalue weighted by Crippen LogP contribution is 2.28. The molecule has 2 atom stereocenters. The molecule has 0 aromatic carbocycles. The fourth-order valence-corrected chi connectivity index (χ4v) is 4.60. The van der Waals surface area contributed by atoms with E-state index in [0.717, 1.165) is 38.4 Å². The molecule has 2 saturated heterocycles. The smallest absolute Gasteiger partial charge is 0.352 e. The monoisotopic (exact) mass is 313 g/mol. The molecule has 3 heterocycles. The zero-order chi connectivity index (χ0) is 15.0. The zero-order valence-corrected chi connectivity index (χ0v) is 12.4. The Kier molecular flexibility index (Phi) is 3.76. The van der Waals surface area contributed by atoms with Crippen molar-refractivity contribution >= 4 is 16.0 Å². The summed E-state index contributed by atoms with van der Waals surface area (Å²) < 4.78 is 27.5. The number of hydrogen-bond donors (Lipinski definition) is 3. The number of piperidine rings is 1. The highest BCUT2D eigenvalue weighted by molar-refractivity contribution is 7.89. The predicted molar refractivity (Wildman–Crippen MR) is 75.7 cm³/mol. The molecule has 2 aliphatic heterocycles. The van der Waals surface area contributed by atoms with Crippen molar-refractivity contribution < 1.29 is 18.3 Å². The first-order chi connectivity index (χ1) is 9.97. The highest BCUT2D eigenvalue weighted by Gasteiger charge is 2.37. The fourth-order valence-electron chi connectivity index (χ4n) is 3.31. The number of carbonyl (C=O) groups is 1. The molecule has 0 bridgehead atoms. The summed E-state index contributed by atoms with van der Waals surface area (Å²) in [4.78, 5) is 15.6. The summed E-state index contributed by atoms with van der Waals surface area (Å²) in [6.45, 7) is 1.96. The number of carboxylic acid groups (broad SMARTS) is 1. The van der Waals surface area contributed by atoms with Gasteiger partial charge in [-0.25, -0.2) is 17.9 Å². The van der Waals surface area contributed by atoms with Crippen LogP contribution in [0.2, 0.25) is 0 Å². The average molecular weight is 313 g/mol. The van der Waals surface area contributed by atoms with Gasteiger partial charge in [0.05, 0.1) is 0 Å². The summed E-state index contributed by atoms with van der Waals surface area (Å²) in [6.07, 6.45) is 5.35. The number of aromatic nitrogens is 1. The van der Waals surface area contributed by atoms with Crippen LogP contribution in [-0.4, -0.2) is 54.6 Å². The third-order valence-corrected chi connectivity index (χ3v) is 5.83. The minimum Gasteiger partial charge on any atom is -0.477 e. The van der Waals surface area contributed by atoms with E-state index < -0.39 is 16.0 Å². The van der Waals surface area contributed by atoms with Gasteiger partial charge in [-0.05, 0) is 31.9 Å². The largest absolute Gasteiger partial charge is 0.477 e. The number of nitrogens with zero attached hydrogens (tertiary/aromatic N) is 1. The minimum atomic E-state index is -3.68. The number of carboxylic acids is 1. The van der Waals surface area contributed by atoms with Gasteiger partial charge in [0.15, 0.2) is 0 Å². The number of sulfonamides is 1. The van der Waals surface area contributed by atoms with E-state index in [1.807, 2.05) is 0 Å². The molecule has 3 N–H and O–H groups in total. The van der Waals surface area contributed by atoms with Crippen LogP contribution in [0.1, 0.15) is 36.2 Å². The molecule has 0 amide bonds. The van der Waals surface area contributed by atoms with Crippen molar-refractivity contribution in [2.24, 2.45) is 0 Å². The van der Waals surface area contributed by atoms with Gasteiger partial charge in [-0.2, -0.15) is 0 Å². The quantitative estimate of drug-likeness (QED) is 0.756. The number of fused-ring (bicyclic) bond motifs is 1. The van der Waals surface area contributed by atoms with Crippen LogP contribution in [0.15, 0.2) is 17.2 Å². The van der Waals surface area contributed by atoms with Gasteiger partial charge < -0.3 is 10.1 Å². The minimum absolute atomic E-state index is 0.0193. The van der Waals surface area contributed by atoms with Crippen molar-refractivity contribution in [3.63, 3.8) is 0 Å². The van der Waals surface area contributed by atoms with Crippen LogP contribution < -0.4 is 4.72 Å². The molecule has 8 heteroatoms. The molecule has 2 fully saturated rings. The summed E-state index contributed by atoms with van der Waals surface area (Å²) in [5, 5.41) is 8.85. The maximum atomic E-state index is 12.4. The van der Waals surface area contributed by atoms with Crippen LogP contribution in [0, 0.1) is 0 Å². The molecule has 1 aromatic heterocycles. The Hall–Kier alpha value is -1.38. The molecular formula is C13H19N3O4S. The van der Waals surface area contributed by atoms with Gasteiger partial charge in [0, 0.05) is 24.8 Å². The molecule has 0 radical (unpaired) electrons. The Morgan fingerprint density at radius 2 is 2.14 bits per heavy atom. The van der Waals surface area contributed by atoms with Crippen LogP contribution in [0.25, 0.3) is 0 Å². The van der Waals surface area contributed by atoms with E-state index in [-0.39, 0.29) is 22.7 Å². The molecule has 0 aliphatic carbocycles. The summed E-state index contributed by atoms with van der Waals surface area (Å²) in [5.74, 6) is -1.17. The van der Waals surface area contributed by atoms with E-state index >= 15 is 0 Å². The van der Waals surface area contributed by atoms with Crippen molar-refractivity contribution in [2.75, 3.05) is 13.1 Å². The van der Waals surface area contributed by atoms with Gasteiger partial charge in [-0.3, -0.25) is 4.90 Å². The van der Waals surface area contributed by atoms with Crippen molar-refractivity contribution in [2.45, 2.75) is 42.7 Å². The second kappa shape index (κ2) is 5.43. The van der Waals surface area contributed by atoms with Crippen LogP contribution in [0.3, 0.4) is 0 Å². The Bertz CT molecular complexity index is 640. The van der Waals surface area contributed by atoms with Crippen LogP contribution in [-0.2, 0) is 10.0 Å². The van der Waals surface area contributed by atoms with Gasteiger partial charge in [0.25, 0.3) is 0 Å². The molecule has 0 spiro atoms. The van der Waals surface area contributed by atoms with E-state index in [1.54, 1.807) is 0 Å². The van der Waals surface area contributed by atoms with E-state index in [2.05, 4.69) is 14.6 Å². The van der Waals surface area contributed by atoms with Crippen LogP contribution >= 0.6 is 0 Å². The summed E-state index contributed by atoms with van der Waals surface area (Å²) in [6, 6.07) is 1.34. The number of aromatic amines is 1. The van der Waals surface area contributed by atoms with E-state index in [0.29, 0.717) is 0 Å². The molecule has 3 rings (SSSR count). The fraction of sp³-hybridized carbons (Fsp3) is 0.615. The van der Waals surface area contributed by atoms with E-state index in [1.165, 1.54) is 12.6 Å². The van der Waals surface area contributed by atoms with Gasteiger partial charge in [0.1, 0.15) is 10.6 Å². The molecule has 0 saturated carbocycles. The van der Waals surface area contributed by atoms with Gasteiger partial charge in [0.2, 0.25) is 10.0 Å². The normalized spacial score (nSPS) is 26.7. The van der Waals surface area contributed by atoms with Crippen molar-refractivity contribution in [1.29, 1.82) is 0 Å². The van der Waals surface area contributed by atoms with E-state index in [9.17, 15) is 13.2 Å². The molecule has 116 valence electrons. The topological polar surface area (TPSA) is 102 Å². The Morgan fingerprint density at radius 1 is 1.33 bits per heavy atom. The standard InChI is InChI=1S/C13H19N3O4S/c17-13(18)11-7-9(8-14-11)21(19,20)15-10-4-6-16-5-2-1-3-12(10)16/h7-8,10,12,14-15H,1-6H2,(H,17,18). The Morgan fingerprint density at radius 3 is 2.86 bits per heavy atom. The number of nitrogens with one attached hydrogen (secondary N) is 2. The maximum Gasteiger partial charge on any atom is 0.352 e. The number of H-pyrrole nitrogens is 1. The van der Waals surface area contributed by atoms with Crippen LogP contribution in [0.5, 0.6) is 0 Å². The number of hydrogen-bond acceptors (Lipinski definition) is 4. The summed E-state index contributed by atoms with van der Waals surface area (Å²) in [5.41, 5.74) is -0.124. The lowest BCUT2D eigenvalue weighted by Gasteiger charge is -2.32. The maximum absolute atomic E-state index is 12.4. The molecular weight excluding hydrogens is 294 g/mol. The molecule has 2 aliphatic rings. The number of rotatable bonds is 4. The molecule has 1 aromatic rings. The lowest BCUT2D eigenvalue weighted by Crippen LogP contribution is -2.46. The predicted octanol–water partition coefficient (Wildman–Crippen LogP) is 0.618. The molecule has 7 nitrogen and oxygen atoms in total. The lowest BCUT2D eigenvalue weighted by atomic mass is 10.00. The van der Waals surface area contributed by atoms with Crippen LogP contribution in [0.4, 0.5) is 0 Å². The first kappa shape index (κ1) is 14.6. The third-order valence-electron chi connectivity index (χ3n) is 4.36. The second-order valence-corrected chi connectivity index (χ2v) is 7.38. The summed E-state index contributed by atoms with van der Waals surface area (Å²) >= 11 is 0. The van der Waals surface area contributed by atoms with Gasteiger partial charge in [-0.1, -0.05) is 6.42 Å². The molecule has 2 unspecified atom stereocenters. The highest BCUT2D eigenvalue weighted by atomic mass is 32.2.